The summed E-state index contributed by atoms with van der Waals surface area (Å²) >= 11 is 0. The first kappa shape index (κ1) is 16.8. The van der Waals surface area contributed by atoms with Crippen molar-refractivity contribution in [1.82, 2.24) is 10.2 Å². The highest BCUT2D eigenvalue weighted by Gasteiger charge is 2.13. The van der Waals surface area contributed by atoms with E-state index in [0.717, 1.165) is 55.3 Å². The third-order valence-corrected chi connectivity index (χ3v) is 3.99. The number of aryl methyl sites for hydroxylation is 2. The molecule has 1 N–H and O–H groups in total. The van der Waals surface area contributed by atoms with Crippen LogP contribution in [-0.4, -0.2) is 57.3 Å². The van der Waals surface area contributed by atoms with Gasteiger partial charge in [0.1, 0.15) is 5.75 Å². The molecule has 5 nitrogen and oxygen atoms in total. The first-order chi connectivity index (χ1) is 10.6. The molecule has 1 fully saturated rings. The van der Waals surface area contributed by atoms with Crippen molar-refractivity contribution in [1.29, 1.82) is 0 Å². The molecule has 1 aromatic rings. The minimum atomic E-state index is 0.0403. The minimum absolute atomic E-state index is 0.0403. The van der Waals surface area contributed by atoms with E-state index in [1.165, 1.54) is 0 Å². The first-order valence-corrected chi connectivity index (χ1v) is 7.81. The Morgan fingerprint density at radius 3 is 2.73 bits per heavy atom. The van der Waals surface area contributed by atoms with Crippen LogP contribution in [0, 0.1) is 13.8 Å². The van der Waals surface area contributed by atoms with Gasteiger partial charge in [-0.15, -0.1) is 0 Å². The molecule has 122 valence electrons. The molecule has 1 saturated heterocycles. The third kappa shape index (κ3) is 4.71. The molecular formula is C17H26N2O3. The quantitative estimate of drug-likeness (QED) is 0.861. The summed E-state index contributed by atoms with van der Waals surface area (Å²) in [5, 5.41) is 2.99. The Hall–Kier alpha value is -1.59. The fraction of sp³-hybridized carbons (Fsp3) is 0.588. The van der Waals surface area contributed by atoms with Crippen molar-refractivity contribution >= 4 is 5.91 Å². The van der Waals surface area contributed by atoms with Crippen LogP contribution < -0.4 is 10.1 Å². The zero-order valence-electron chi connectivity index (χ0n) is 13.8. The van der Waals surface area contributed by atoms with Crippen LogP contribution in [0.25, 0.3) is 0 Å². The van der Waals surface area contributed by atoms with E-state index in [0.29, 0.717) is 13.0 Å². The SMILES string of the molecule is COc1cc(C)cc(C)c1CC(=O)NCCN1CCOCC1. The van der Waals surface area contributed by atoms with Crippen molar-refractivity contribution in [3.05, 3.63) is 28.8 Å². The summed E-state index contributed by atoms with van der Waals surface area (Å²) in [6, 6.07) is 4.06. The van der Waals surface area contributed by atoms with Gasteiger partial charge in [0, 0.05) is 31.7 Å². The number of hydrogen-bond acceptors (Lipinski definition) is 4. The third-order valence-electron chi connectivity index (χ3n) is 3.99. The van der Waals surface area contributed by atoms with E-state index in [9.17, 15) is 4.79 Å². The van der Waals surface area contributed by atoms with Gasteiger partial charge in [0.25, 0.3) is 0 Å². The van der Waals surface area contributed by atoms with Crippen LogP contribution >= 0.6 is 0 Å². The maximum atomic E-state index is 12.1. The predicted molar refractivity (Wildman–Crippen MR) is 86.4 cm³/mol. The summed E-state index contributed by atoms with van der Waals surface area (Å²) in [6.45, 7) is 9.06. The van der Waals surface area contributed by atoms with Gasteiger partial charge in [0.2, 0.25) is 5.91 Å². The van der Waals surface area contributed by atoms with Crippen molar-refractivity contribution in [2.45, 2.75) is 20.3 Å². The number of carbonyl (C=O) groups is 1. The molecular weight excluding hydrogens is 280 g/mol. The summed E-state index contributed by atoms with van der Waals surface area (Å²) in [5.74, 6) is 0.833. The van der Waals surface area contributed by atoms with Crippen molar-refractivity contribution in [2.24, 2.45) is 0 Å². The Balaban J connectivity index is 1.84. The molecule has 0 spiro atoms. The largest absolute Gasteiger partial charge is 0.496 e. The lowest BCUT2D eigenvalue weighted by atomic mass is 10.0. The maximum absolute atomic E-state index is 12.1. The first-order valence-electron chi connectivity index (χ1n) is 7.81. The van der Waals surface area contributed by atoms with E-state index < -0.39 is 0 Å². The van der Waals surface area contributed by atoms with E-state index in [-0.39, 0.29) is 5.91 Å². The zero-order chi connectivity index (χ0) is 15.9. The van der Waals surface area contributed by atoms with Crippen LogP contribution in [0.1, 0.15) is 16.7 Å². The molecule has 1 aliphatic heterocycles. The van der Waals surface area contributed by atoms with E-state index in [4.69, 9.17) is 9.47 Å². The van der Waals surface area contributed by atoms with Crippen molar-refractivity contribution < 1.29 is 14.3 Å². The molecule has 0 unspecified atom stereocenters. The Morgan fingerprint density at radius 2 is 2.05 bits per heavy atom. The fourth-order valence-corrected chi connectivity index (χ4v) is 2.77. The Bertz CT molecular complexity index is 511. The van der Waals surface area contributed by atoms with Gasteiger partial charge in [-0.2, -0.15) is 0 Å². The second-order valence-corrected chi connectivity index (χ2v) is 5.74. The molecule has 0 saturated carbocycles. The fourth-order valence-electron chi connectivity index (χ4n) is 2.77. The normalized spacial score (nSPS) is 15.6. The topological polar surface area (TPSA) is 50.8 Å². The lowest BCUT2D eigenvalue weighted by Gasteiger charge is -2.26. The van der Waals surface area contributed by atoms with Gasteiger partial charge >= 0.3 is 0 Å². The molecule has 0 radical (unpaired) electrons. The monoisotopic (exact) mass is 306 g/mol. The number of rotatable bonds is 6. The highest BCUT2D eigenvalue weighted by molar-refractivity contribution is 5.79. The number of methoxy groups -OCH3 is 1. The van der Waals surface area contributed by atoms with Gasteiger partial charge in [0.05, 0.1) is 26.7 Å². The summed E-state index contributed by atoms with van der Waals surface area (Å²) < 4.78 is 10.7. The molecule has 2 rings (SSSR count). The van der Waals surface area contributed by atoms with Gasteiger partial charge < -0.3 is 14.8 Å². The van der Waals surface area contributed by atoms with Crippen LogP contribution in [0.5, 0.6) is 5.75 Å². The lowest BCUT2D eigenvalue weighted by molar-refractivity contribution is -0.120. The average molecular weight is 306 g/mol. The average Bonchev–Trinajstić information content (AvgIpc) is 2.50. The van der Waals surface area contributed by atoms with Crippen LogP contribution in [-0.2, 0) is 16.0 Å². The smallest absolute Gasteiger partial charge is 0.224 e. The van der Waals surface area contributed by atoms with Gasteiger partial charge in [-0.3, -0.25) is 9.69 Å². The zero-order valence-corrected chi connectivity index (χ0v) is 13.8. The number of carbonyl (C=O) groups excluding carboxylic acids is 1. The van der Waals surface area contributed by atoms with Crippen LogP contribution in [0.15, 0.2) is 12.1 Å². The molecule has 1 amide bonds. The minimum Gasteiger partial charge on any atom is -0.496 e. The van der Waals surface area contributed by atoms with E-state index in [1.54, 1.807) is 7.11 Å². The van der Waals surface area contributed by atoms with Gasteiger partial charge in [-0.25, -0.2) is 0 Å². The summed E-state index contributed by atoms with van der Waals surface area (Å²) in [4.78, 5) is 14.5. The summed E-state index contributed by atoms with van der Waals surface area (Å²) in [6.07, 6.45) is 0.360. The van der Waals surface area contributed by atoms with E-state index >= 15 is 0 Å². The summed E-state index contributed by atoms with van der Waals surface area (Å²) in [7, 11) is 1.65. The van der Waals surface area contributed by atoms with Gasteiger partial charge in [0.15, 0.2) is 0 Å². The predicted octanol–water partition coefficient (Wildman–Crippen LogP) is 1.30. The molecule has 0 aromatic heterocycles. The van der Waals surface area contributed by atoms with E-state index in [1.807, 2.05) is 19.9 Å². The van der Waals surface area contributed by atoms with Gasteiger partial charge in [-0.1, -0.05) is 6.07 Å². The second kappa shape index (κ2) is 8.15. The number of nitrogens with zero attached hydrogens (tertiary/aromatic N) is 1. The number of amides is 1. The molecule has 5 heteroatoms. The van der Waals surface area contributed by atoms with Crippen molar-refractivity contribution in [2.75, 3.05) is 46.5 Å². The Kier molecular flexibility index (Phi) is 6.21. The Labute approximate surface area is 132 Å². The molecule has 22 heavy (non-hydrogen) atoms. The van der Waals surface area contributed by atoms with E-state index in [2.05, 4.69) is 16.3 Å². The second-order valence-electron chi connectivity index (χ2n) is 5.74. The maximum Gasteiger partial charge on any atom is 0.224 e. The molecule has 0 bridgehead atoms. The number of benzene rings is 1. The number of ether oxygens (including phenoxy) is 2. The van der Waals surface area contributed by atoms with Crippen LogP contribution in [0.3, 0.4) is 0 Å². The van der Waals surface area contributed by atoms with Gasteiger partial charge in [-0.05, 0) is 31.0 Å². The number of morpholine rings is 1. The summed E-state index contributed by atoms with van der Waals surface area (Å²) in [5.41, 5.74) is 3.21. The van der Waals surface area contributed by atoms with Crippen molar-refractivity contribution in [3.63, 3.8) is 0 Å². The standard InChI is InChI=1S/C17H26N2O3/c1-13-10-14(2)15(16(11-13)21-3)12-17(20)18-4-5-19-6-8-22-9-7-19/h10-11H,4-9,12H2,1-3H3,(H,18,20). The highest BCUT2D eigenvalue weighted by atomic mass is 16.5. The van der Waals surface area contributed by atoms with Crippen LogP contribution in [0.2, 0.25) is 0 Å². The molecule has 0 aliphatic carbocycles. The molecule has 0 atom stereocenters. The highest BCUT2D eigenvalue weighted by Crippen LogP contribution is 2.24. The molecule has 1 aromatic carbocycles. The van der Waals surface area contributed by atoms with Crippen molar-refractivity contribution in [3.8, 4) is 5.75 Å². The molecule has 1 heterocycles. The lowest BCUT2D eigenvalue weighted by Crippen LogP contribution is -2.41. The molecule has 1 aliphatic rings. The number of hydrogen-bond donors (Lipinski definition) is 1. The Morgan fingerprint density at radius 1 is 1.32 bits per heavy atom. The number of nitrogens with one attached hydrogen (secondary N) is 1. The van der Waals surface area contributed by atoms with Crippen LogP contribution in [0.4, 0.5) is 0 Å².